The molecule has 0 radical (unpaired) electrons. The van der Waals surface area contributed by atoms with Crippen LogP contribution in [0.2, 0.25) is 10.0 Å². The Morgan fingerprint density at radius 1 is 0.825 bits per heavy atom. The number of hydrogen-bond donors (Lipinski definition) is 1. The Bertz CT molecular complexity index is 1560. The Morgan fingerprint density at radius 2 is 1.57 bits per heavy atom. The predicted octanol–water partition coefficient (Wildman–Crippen LogP) is 6.25. The van der Waals surface area contributed by atoms with Crippen LogP contribution in [0.3, 0.4) is 0 Å². The number of rotatable bonds is 6. The number of hydrogen-bond acceptors (Lipinski definition) is 6. The molecule has 5 rings (SSSR count). The van der Waals surface area contributed by atoms with Crippen LogP contribution in [0.15, 0.2) is 83.3 Å². The second-order valence-corrected chi connectivity index (χ2v) is 9.93. The highest BCUT2D eigenvalue weighted by atomic mass is 35.5. The molecule has 10 heteroatoms. The molecule has 1 N–H and O–H groups in total. The van der Waals surface area contributed by atoms with Crippen molar-refractivity contribution in [2.24, 2.45) is 0 Å². The first kappa shape index (κ1) is 27.3. The summed E-state index contributed by atoms with van der Waals surface area (Å²) in [6.07, 6.45) is 0. The molecule has 0 spiro atoms. The van der Waals surface area contributed by atoms with Crippen molar-refractivity contribution >= 4 is 52.4 Å². The Morgan fingerprint density at radius 3 is 2.27 bits per heavy atom. The number of anilines is 2. The number of carbonyl (C=O) groups is 3. The molecule has 8 nitrogen and oxygen atoms in total. The van der Waals surface area contributed by atoms with E-state index in [9.17, 15) is 14.4 Å². The maximum Gasteiger partial charge on any atom is 0.337 e. The van der Waals surface area contributed by atoms with Gasteiger partial charge in [-0.05, 0) is 60.7 Å². The molecule has 0 bridgehead atoms. The van der Waals surface area contributed by atoms with E-state index in [1.807, 2.05) is 18.2 Å². The van der Waals surface area contributed by atoms with Crippen LogP contribution in [-0.2, 0) is 4.74 Å². The summed E-state index contributed by atoms with van der Waals surface area (Å²) in [6, 6.07) is 22.4. The molecule has 1 aromatic heterocycles. The number of amides is 2. The molecule has 3 aromatic carbocycles. The molecule has 4 aromatic rings. The van der Waals surface area contributed by atoms with Gasteiger partial charge in [-0.3, -0.25) is 9.59 Å². The van der Waals surface area contributed by atoms with E-state index in [0.29, 0.717) is 64.5 Å². The van der Waals surface area contributed by atoms with Gasteiger partial charge in [-0.15, -0.1) is 0 Å². The van der Waals surface area contributed by atoms with Gasteiger partial charge >= 0.3 is 5.97 Å². The topological polar surface area (TPSA) is 92.1 Å². The fourth-order valence-electron chi connectivity index (χ4n) is 4.52. The third kappa shape index (κ3) is 5.83. The normalized spacial score (nSPS) is 13.2. The third-order valence-corrected chi connectivity index (χ3v) is 7.37. The Hall–Kier alpha value is -4.27. The van der Waals surface area contributed by atoms with Crippen molar-refractivity contribution in [3.05, 3.63) is 106 Å². The lowest BCUT2D eigenvalue weighted by Gasteiger charge is -2.37. The maximum absolute atomic E-state index is 13.2. The average molecular weight is 578 g/mol. The molecular formula is C30H25Cl2N3O5. The lowest BCUT2D eigenvalue weighted by molar-refractivity contribution is 0.0600. The van der Waals surface area contributed by atoms with Crippen LogP contribution < -0.4 is 10.2 Å². The van der Waals surface area contributed by atoms with Gasteiger partial charge in [-0.1, -0.05) is 41.4 Å². The number of benzene rings is 3. The lowest BCUT2D eigenvalue weighted by atomic mass is 10.1. The molecule has 0 unspecified atom stereocenters. The number of ether oxygens (including phenoxy) is 1. The van der Waals surface area contributed by atoms with E-state index in [2.05, 4.69) is 10.2 Å². The molecule has 0 atom stereocenters. The van der Waals surface area contributed by atoms with Crippen molar-refractivity contribution in [3.63, 3.8) is 0 Å². The highest BCUT2D eigenvalue weighted by molar-refractivity contribution is 6.42. The standard InChI is InChI=1S/C30H25Cl2N3O5/c1-39-30(38)21-8-10-25(34-13-15-35(16-14-34)29(37)19-5-3-2-4-6-19)24(18-21)33-28(36)27-12-11-26(40-27)20-7-9-22(31)23(32)17-20/h2-12,17-18H,13-16H2,1H3,(H,33,36). The average Bonchev–Trinajstić information content (AvgIpc) is 3.49. The van der Waals surface area contributed by atoms with Crippen LogP contribution >= 0.6 is 23.2 Å². The molecule has 1 aliphatic heterocycles. The van der Waals surface area contributed by atoms with Crippen molar-refractivity contribution in [1.82, 2.24) is 4.90 Å². The fraction of sp³-hybridized carbons (Fsp3) is 0.167. The first-order valence-electron chi connectivity index (χ1n) is 12.5. The van der Waals surface area contributed by atoms with Crippen LogP contribution in [0.4, 0.5) is 11.4 Å². The van der Waals surface area contributed by atoms with Crippen LogP contribution in [0, 0.1) is 0 Å². The van der Waals surface area contributed by atoms with Crippen LogP contribution in [0.5, 0.6) is 0 Å². The molecule has 2 heterocycles. The van der Waals surface area contributed by atoms with Gasteiger partial charge in [0.15, 0.2) is 5.76 Å². The SMILES string of the molecule is COC(=O)c1ccc(N2CCN(C(=O)c3ccccc3)CC2)c(NC(=O)c2ccc(-c3ccc(Cl)c(Cl)c3)o2)c1. The van der Waals surface area contributed by atoms with Crippen molar-refractivity contribution in [3.8, 4) is 11.3 Å². The number of nitrogens with one attached hydrogen (secondary N) is 1. The zero-order valence-corrected chi connectivity index (χ0v) is 23.0. The minimum Gasteiger partial charge on any atom is -0.465 e. The fourth-order valence-corrected chi connectivity index (χ4v) is 4.82. The number of nitrogens with zero attached hydrogens (tertiary/aromatic N) is 2. The number of methoxy groups -OCH3 is 1. The molecule has 0 saturated carbocycles. The molecular weight excluding hydrogens is 553 g/mol. The smallest absolute Gasteiger partial charge is 0.337 e. The Labute approximate surface area is 241 Å². The van der Waals surface area contributed by atoms with Crippen molar-refractivity contribution < 1.29 is 23.5 Å². The van der Waals surface area contributed by atoms with Crippen molar-refractivity contribution in [2.75, 3.05) is 43.5 Å². The number of esters is 1. The molecule has 40 heavy (non-hydrogen) atoms. The predicted molar refractivity (Wildman–Crippen MR) is 154 cm³/mol. The van der Waals surface area contributed by atoms with E-state index < -0.39 is 11.9 Å². The third-order valence-electron chi connectivity index (χ3n) is 6.63. The summed E-state index contributed by atoms with van der Waals surface area (Å²) in [7, 11) is 1.30. The van der Waals surface area contributed by atoms with Crippen molar-refractivity contribution in [2.45, 2.75) is 0 Å². The first-order valence-corrected chi connectivity index (χ1v) is 13.3. The van der Waals surface area contributed by atoms with Gasteiger partial charge in [-0.25, -0.2) is 4.79 Å². The van der Waals surface area contributed by atoms with Gasteiger partial charge in [0, 0.05) is 37.3 Å². The highest BCUT2D eigenvalue weighted by Gasteiger charge is 2.25. The van der Waals surface area contributed by atoms with E-state index in [4.69, 9.17) is 32.4 Å². The zero-order chi connectivity index (χ0) is 28.2. The minimum atomic E-state index is -0.528. The number of halogens is 2. The summed E-state index contributed by atoms with van der Waals surface area (Å²) >= 11 is 12.1. The second kappa shape index (κ2) is 11.9. The van der Waals surface area contributed by atoms with E-state index in [-0.39, 0.29) is 17.2 Å². The Kier molecular flexibility index (Phi) is 8.09. The summed E-state index contributed by atoms with van der Waals surface area (Å²) in [5.74, 6) is -0.515. The molecule has 1 saturated heterocycles. The second-order valence-electron chi connectivity index (χ2n) is 9.12. The van der Waals surface area contributed by atoms with E-state index in [1.165, 1.54) is 7.11 Å². The first-order chi connectivity index (χ1) is 19.3. The number of carbonyl (C=O) groups excluding carboxylic acids is 3. The summed E-state index contributed by atoms with van der Waals surface area (Å²) in [5.41, 5.74) is 2.73. The van der Waals surface area contributed by atoms with Crippen LogP contribution in [-0.4, -0.2) is 56.0 Å². The summed E-state index contributed by atoms with van der Waals surface area (Å²) in [4.78, 5) is 42.2. The minimum absolute atomic E-state index is 0.0228. The maximum atomic E-state index is 13.2. The summed E-state index contributed by atoms with van der Waals surface area (Å²) in [6.45, 7) is 2.10. The molecule has 1 fully saturated rings. The van der Waals surface area contributed by atoms with E-state index in [0.717, 1.165) is 0 Å². The van der Waals surface area contributed by atoms with Gasteiger partial charge in [0.2, 0.25) is 0 Å². The van der Waals surface area contributed by atoms with Gasteiger partial charge < -0.3 is 24.3 Å². The lowest BCUT2D eigenvalue weighted by Crippen LogP contribution is -2.49. The van der Waals surface area contributed by atoms with E-state index >= 15 is 0 Å². The molecule has 204 valence electrons. The largest absolute Gasteiger partial charge is 0.465 e. The van der Waals surface area contributed by atoms with Gasteiger partial charge in [-0.2, -0.15) is 0 Å². The molecule has 0 aliphatic carbocycles. The van der Waals surface area contributed by atoms with Crippen LogP contribution in [0.25, 0.3) is 11.3 Å². The molecule has 2 amide bonds. The summed E-state index contributed by atoms with van der Waals surface area (Å²) in [5, 5.41) is 3.67. The van der Waals surface area contributed by atoms with Crippen molar-refractivity contribution in [1.29, 1.82) is 0 Å². The summed E-state index contributed by atoms with van der Waals surface area (Å²) < 4.78 is 10.7. The number of furan rings is 1. The highest BCUT2D eigenvalue weighted by Crippen LogP contribution is 2.32. The quantitative estimate of drug-likeness (QED) is 0.272. The Balaban J connectivity index is 1.35. The van der Waals surface area contributed by atoms with Crippen LogP contribution in [0.1, 0.15) is 31.3 Å². The van der Waals surface area contributed by atoms with Gasteiger partial charge in [0.05, 0.1) is 34.1 Å². The molecule has 1 aliphatic rings. The monoisotopic (exact) mass is 577 g/mol. The van der Waals surface area contributed by atoms with Gasteiger partial charge in [0.1, 0.15) is 5.76 Å². The number of piperazine rings is 1. The van der Waals surface area contributed by atoms with Gasteiger partial charge in [0.25, 0.3) is 11.8 Å². The zero-order valence-electron chi connectivity index (χ0n) is 21.5. The van der Waals surface area contributed by atoms with E-state index in [1.54, 1.807) is 65.6 Å².